The predicted molar refractivity (Wildman–Crippen MR) is 75.7 cm³/mol. The zero-order valence-electron chi connectivity index (χ0n) is 10.3. The van der Waals surface area contributed by atoms with Crippen LogP contribution in [0.1, 0.15) is 19.3 Å². The number of fused-ring (bicyclic) bond motifs is 1. The van der Waals surface area contributed by atoms with E-state index in [1.165, 1.54) is 11.3 Å². The molecule has 0 spiro atoms. The van der Waals surface area contributed by atoms with Crippen LogP contribution in [0.4, 0.5) is 11.4 Å². The maximum Gasteiger partial charge on any atom is 0.319 e. The number of thiazole rings is 1. The van der Waals surface area contributed by atoms with Crippen molar-refractivity contribution in [1.82, 2.24) is 4.98 Å². The maximum atomic E-state index is 11.2. The molecule has 2 aromatic rings. The van der Waals surface area contributed by atoms with Crippen molar-refractivity contribution in [3.05, 3.63) is 27.8 Å². The van der Waals surface area contributed by atoms with Crippen LogP contribution in [-0.2, 0) is 0 Å². The van der Waals surface area contributed by atoms with Crippen molar-refractivity contribution in [1.29, 1.82) is 0 Å². The Hall–Kier alpha value is -1.73. The molecule has 0 aliphatic carbocycles. The molecule has 0 fully saturated rings. The SMILES string of the molecule is O=[N+]([O-])c1c(NCCCCCO)ccc2scnc12. The Labute approximate surface area is 114 Å². The number of anilines is 1. The smallest absolute Gasteiger partial charge is 0.319 e. The Morgan fingerprint density at radius 3 is 2.95 bits per heavy atom. The summed E-state index contributed by atoms with van der Waals surface area (Å²) in [7, 11) is 0. The van der Waals surface area contributed by atoms with Gasteiger partial charge in [0.1, 0.15) is 5.69 Å². The third kappa shape index (κ3) is 3.18. The lowest BCUT2D eigenvalue weighted by Gasteiger charge is -2.07. The zero-order chi connectivity index (χ0) is 13.7. The lowest BCUT2D eigenvalue weighted by molar-refractivity contribution is -0.382. The highest BCUT2D eigenvalue weighted by atomic mass is 32.1. The number of hydrogen-bond acceptors (Lipinski definition) is 6. The first-order chi connectivity index (χ1) is 9.24. The molecule has 1 aromatic heterocycles. The van der Waals surface area contributed by atoms with Crippen LogP contribution in [0.5, 0.6) is 0 Å². The van der Waals surface area contributed by atoms with Gasteiger partial charge in [0.25, 0.3) is 0 Å². The van der Waals surface area contributed by atoms with Gasteiger partial charge in [0.2, 0.25) is 0 Å². The number of nitro benzene ring substituents is 1. The summed E-state index contributed by atoms with van der Waals surface area (Å²) in [6.45, 7) is 0.835. The monoisotopic (exact) mass is 281 g/mol. The van der Waals surface area contributed by atoms with E-state index in [0.29, 0.717) is 17.7 Å². The zero-order valence-corrected chi connectivity index (χ0v) is 11.2. The highest BCUT2D eigenvalue weighted by Gasteiger charge is 2.20. The van der Waals surface area contributed by atoms with Crippen molar-refractivity contribution >= 4 is 32.9 Å². The summed E-state index contributed by atoms with van der Waals surface area (Å²) < 4.78 is 0.817. The number of rotatable bonds is 7. The second-order valence-electron chi connectivity index (χ2n) is 4.13. The van der Waals surface area contributed by atoms with E-state index < -0.39 is 4.92 Å². The molecule has 0 bridgehead atoms. The van der Waals surface area contributed by atoms with Gasteiger partial charge >= 0.3 is 5.69 Å². The Morgan fingerprint density at radius 1 is 1.37 bits per heavy atom. The molecule has 0 aliphatic rings. The van der Waals surface area contributed by atoms with Crippen molar-refractivity contribution in [2.24, 2.45) is 0 Å². The van der Waals surface area contributed by atoms with E-state index in [0.717, 1.165) is 24.0 Å². The molecule has 0 atom stereocenters. The summed E-state index contributed by atoms with van der Waals surface area (Å²) in [6, 6.07) is 3.57. The number of nitrogens with one attached hydrogen (secondary N) is 1. The van der Waals surface area contributed by atoms with Crippen molar-refractivity contribution in [2.75, 3.05) is 18.5 Å². The van der Waals surface area contributed by atoms with Gasteiger partial charge in [0.15, 0.2) is 5.52 Å². The molecule has 0 saturated heterocycles. The maximum absolute atomic E-state index is 11.2. The van der Waals surface area contributed by atoms with Crippen LogP contribution in [0, 0.1) is 10.1 Å². The van der Waals surface area contributed by atoms with Crippen LogP contribution in [0.25, 0.3) is 10.2 Å². The summed E-state index contributed by atoms with van der Waals surface area (Å²) in [5, 5.41) is 22.9. The average molecular weight is 281 g/mol. The summed E-state index contributed by atoms with van der Waals surface area (Å²) in [5.74, 6) is 0. The standard InChI is InChI=1S/C12H15N3O3S/c16-7-3-1-2-6-13-9-4-5-10-11(14-8-19-10)12(9)15(17)18/h4-5,8,13,16H,1-3,6-7H2. The number of aliphatic hydroxyl groups is 1. The minimum absolute atomic E-state index is 0.0425. The lowest BCUT2D eigenvalue weighted by atomic mass is 10.2. The molecule has 0 saturated carbocycles. The number of nitrogens with zero attached hydrogens (tertiary/aromatic N) is 2. The van der Waals surface area contributed by atoms with Gasteiger partial charge in [-0.05, 0) is 31.4 Å². The van der Waals surface area contributed by atoms with E-state index in [-0.39, 0.29) is 12.3 Å². The molecule has 0 aliphatic heterocycles. The molecule has 0 radical (unpaired) electrons. The van der Waals surface area contributed by atoms with E-state index in [1.807, 2.05) is 6.07 Å². The normalized spacial score (nSPS) is 10.8. The summed E-state index contributed by atoms with van der Waals surface area (Å²) in [5.41, 5.74) is 2.60. The summed E-state index contributed by atoms with van der Waals surface area (Å²) in [4.78, 5) is 14.8. The Kier molecular flexibility index (Phi) is 4.64. The Bertz CT molecular complexity index is 570. The van der Waals surface area contributed by atoms with E-state index in [4.69, 9.17) is 5.11 Å². The third-order valence-electron chi connectivity index (χ3n) is 2.81. The molecule has 19 heavy (non-hydrogen) atoms. The molecule has 102 valence electrons. The molecule has 0 amide bonds. The molecule has 0 unspecified atom stereocenters. The molecule has 1 heterocycles. The molecule has 2 rings (SSSR count). The number of unbranched alkanes of at least 4 members (excludes halogenated alkanes) is 2. The first-order valence-corrected chi connectivity index (χ1v) is 6.97. The minimum Gasteiger partial charge on any atom is -0.396 e. The Balaban J connectivity index is 2.13. The number of aromatic nitrogens is 1. The predicted octanol–water partition coefficient (Wildman–Crippen LogP) is 2.78. The number of aliphatic hydroxyl groups excluding tert-OH is 1. The fraction of sp³-hybridized carbons (Fsp3) is 0.417. The van der Waals surface area contributed by atoms with Gasteiger partial charge < -0.3 is 10.4 Å². The quantitative estimate of drug-likeness (QED) is 0.463. The second kappa shape index (κ2) is 6.44. The highest BCUT2D eigenvalue weighted by molar-refractivity contribution is 7.16. The first kappa shape index (κ1) is 13.7. The van der Waals surface area contributed by atoms with Crippen LogP contribution in [0.2, 0.25) is 0 Å². The highest BCUT2D eigenvalue weighted by Crippen LogP contribution is 2.34. The van der Waals surface area contributed by atoms with E-state index >= 15 is 0 Å². The lowest BCUT2D eigenvalue weighted by Crippen LogP contribution is -2.05. The molecular weight excluding hydrogens is 266 g/mol. The van der Waals surface area contributed by atoms with Gasteiger partial charge in [-0.2, -0.15) is 0 Å². The van der Waals surface area contributed by atoms with Crippen LogP contribution in [-0.4, -0.2) is 28.2 Å². The van der Waals surface area contributed by atoms with Gasteiger partial charge in [-0.15, -0.1) is 11.3 Å². The fourth-order valence-corrected chi connectivity index (χ4v) is 2.56. The molecular formula is C12H15N3O3S. The summed E-state index contributed by atoms with van der Waals surface area (Å²) in [6.07, 6.45) is 2.53. The van der Waals surface area contributed by atoms with Gasteiger partial charge in [-0.1, -0.05) is 0 Å². The largest absolute Gasteiger partial charge is 0.396 e. The Morgan fingerprint density at radius 2 is 2.21 bits per heavy atom. The van der Waals surface area contributed by atoms with Crippen LogP contribution < -0.4 is 5.32 Å². The van der Waals surface area contributed by atoms with Crippen molar-refractivity contribution < 1.29 is 10.0 Å². The first-order valence-electron chi connectivity index (χ1n) is 6.09. The van der Waals surface area contributed by atoms with E-state index in [9.17, 15) is 10.1 Å². The van der Waals surface area contributed by atoms with Crippen molar-refractivity contribution in [3.8, 4) is 0 Å². The van der Waals surface area contributed by atoms with Crippen LogP contribution in [0.3, 0.4) is 0 Å². The van der Waals surface area contributed by atoms with E-state index in [2.05, 4.69) is 10.3 Å². The van der Waals surface area contributed by atoms with Crippen LogP contribution >= 0.6 is 11.3 Å². The average Bonchev–Trinajstić information content (AvgIpc) is 2.85. The molecule has 7 heteroatoms. The topological polar surface area (TPSA) is 88.3 Å². The summed E-state index contributed by atoms with van der Waals surface area (Å²) >= 11 is 1.39. The fourth-order valence-electron chi connectivity index (χ4n) is 1.88. The van der Waals surface area contributed by atoms with Crippen molar-refractivity contribution in [3.63, 3.8) is 0 Å². The minimum atomic E-state index is -0.391. The van der Waals surface area contributed by atoms with Gasteiger partial charge in [-0.3, -0.25) is 10.1 Å². The van der Waals surface area contributed by atoms with Gasteiger partial charge in [0, 0.05) is 13.2 Å². The second-order valence-corrected chi connectivity index (χ2v) is 5.02. The van der Waals surface area contributed by atoms with Crippen molar-refractivity contribution in [2.45, 2.75) is 19.3 Å². The van der Waals surface area contributed by atoms with Crippen LogP contribution in [0.15, 0.2) is 17.6 Å². The molecule has 6 nitrogen and oxygen atoms in total. The van der Waals surface area contributed by atoms with Gasteiger partial charge in [0.05, 0.1) is 15.1 Å². The number of nitro groups is 1. The van der Waals surface area contributed by atoms with E-state index in [1.54, 1.807) is 11.6 Å². The molecule has 1 aromatic carbocycles. The number of hydrogen-bond donors (Lipinski definition) is 2. The molecule has 2 N–H and O–H groups in total. The number of benzene rings is 1. The third-order valence-corrected chi connectivity index (χ3v) is 3.60. The van der Waals surface area contributed by atoms with Gasteiger partial charge in [-0.25, -0.2) is 4.98 Å².